The molecule has 0 amide bonds. The van der Waals surface area contributed by atoms with E-state index in [1.807, 2.05) is 0 Å². The van der Waals surface area contributed by atoms with E-state index in [9.17, 15) is 0 Å². The largest absolute Gasteiger partial charge is 0.382 e. The van der Waals surface area contributed by atoms with E-state index in [-0.39, 0.29) is 0 Å². The van der Waals surface area contributed by atoms with Gasteiger partial charge in [0.25, 0.3) is 0 Å². The average molecular weight is 231 g/mol. The summed E-state index contributed by atoms with van der Waals surface area (Å²) in [6, 6.07) is 0. The van der Waals surface area contributed by atoms with Gasteiger partial charge in [0.1, 0.15) is 0 Å². The molecule has 0 spiro atoms. The van der Waals surface area contributed by atoms with E-state index in [0.717, 1.165) is 26.1 Å². The minimum atomic E-state index is 0.363. The number of hydrogen-bond donors (Lipinski definition) is 1. The monoisotopic (exact) mass is 231 g/mol. The Labute approximate surface area is 101 Å². The Morgan fingerprint density at radius 2 is 1.88 bits per heavy atom. The first-order chi connectivity index (χ1) is 7.68. The van der Waals surface area contributed by atoms with Crippen LogP contribution >= 0.6 is 0 Å². The maximum atomic E-state index is 5.53. The number of nitrogens with one attached hydrogen (secondary N) is 1. The highest BCUT2D eigenvalue weighted by Gasteiger charge is 2.20. The summed E-state index contributed by atoms with van der Waals surface area (Å²) in [5.74, 6) is 0. The second-order valence-corrected chi connectivity index (χ2v) is 4.70. The summed E-state index contributed by atoms with van der Waals surface area (Å²) >= 11 is 0. The molecular weight excluding hydrogens is 202 g/mol. The fourth-order valence-corrected chi connectivity index (χ4v) is 1.52. The molecule has 0 aliphatic heterocycles. The second-order valence-electron chi connectivity index (χ2n) is 4.70. The fourth-order valence-electron chi connectivity index (χ4n) is 1.52. The van der Waals surface area contributed by atoms with Gasteiger partial charge in [0, 0.05) is 20.3 Å². The molecule has 3 heteroatoms. The first-order valence-corrected chi connectivity index (χ1v) is 6.46. The summed E-state index contributed by atoms with van der Waals surface area (Å²) in [6.07, 6.45) is 3.51. The Morgan fingerprint density at radius 3 is 2.44 bits per heavy atom. The Kier molecular flexibility index (Phi) is 9.99. The maximum Gasteiger partial charge on any atom is 0.0700 e. The Balaban J connectivity index is 3.61. The van der Waals surface area contributed by atoms with Crippen LogP contribution in [0, 0.1) is 5.41 Å². The van der Waals surface area contributed by atoms with Gasteiger partial charge in [-0.2, -0.15) is 0 Å². The molecule has 0 bridgehead atoms. The van der Waals surface area contributed by atoms with E-state index in [1.54, 1.807) is 7.11 Å². The Bertz CT molecular complexity index is 153. The molecule has 0 saturated heterocycles. The van der Waals surface area contributed by atoms with Gasteiger partial charge in [-0.05, 0) is 31.2 Å². The zero-order chi connectivity index (χ0) is 12.3. The number of rotatable bonds is 11. The van der Waals surface area contributed by atoms with Gasteiger partial charge in [-0.25, -0.2) is 0 Å². The van der Waals surface area contributed by atoms with E-state index >= 15 is 0 Å². The van der Waals surface area contributed by atoms with Crippen LogP contribution < -0.4 is 5.32 Å². The average Bonchev–Trinajstić information content (AvgIpc) is 2.29. The molecule has 1 N–H and O–H groups in total. The normalized spacial score (nSPS) is 15.0. The molecule has 1 atom stereocenters. The van der Waals surface area contributed by atoms with Crippen LogP contribution in [0.5, 0.6) is 0 Å². The Morgan fingerprint density at radius 1 is 1.12 bits per heavy atom. The third-order valence-corrected chi connectivity index (χ3v) is 3.11. The van der Waals surface area contributed by atoms with Gasteiger partial charge in [-0.15, -0.1) is 0 Å². The quantitative estimate of drug-likeness (QED) is 0.554. The molecule has 3 nitrogen and oxygen atoms in total. The van der Waals surface area contributed by atoms with E-state index in [4.69, 9.17) is 9.47 Å². The van der Waals surface area contributed by atoms with Crippen molar-refractivity contribution in [3.05, 3.63) is 0 Å². The van der Waals surface area contributed by atoms with Crippen LogP contribution in [0.15, 0.2) is 0 Å². The van der Waals surface area contributed by atoms with Gasteiger partial charge in [-0.1, -0.05) is 20.8 Å². The topological polar surface area (TPSA) is 30.5 Å². The summed E-state index contributed by atoms with van der Waals surface area (Å²) in [6.45, 7) is 11.2. The first kappa shape index (κ1) is 15.9. The van der Waals surface area contributed by atoms with Crippen LogP contribution in [0.2, 0.25) is 0 Å². The molecule has 0 aromatic carbocycles. The minimum Gasteiger partial charge on any atom is -0.382 e. The predicted octanol–water partition coefficient (Wildman–Crippen LogP) is 2.46. The highest BCUT2D eigenvalue weighted by atomic mass is 16.5. The van der Waals surface area contributed by atoms with Crippen molar-refractivity contribution >= 4 is 0 Å². The molecule has 0 saturated carbocycles. The maximum absolute atomic E-state index is 5.53. The second kappa shape index (κ2) is 10.1. The van der Waals surface area contributed by atoms with E-state index in [1.165, 1.54) is 12.8 Å². The lowest BCUT2D eigenvalue weighted by molar-refractivity contribution is 0.0527. The van der Waals surface area contributed by atoms with Crippen molar-refractivity contribution < 1.29 is 9.47 Å². The molecule has 16 heavy (non-hydrogen) atoms. The molecule has 1 unspecified atom stereocenters. The number of methoxy groups -OCH3 is 1. The standard InChI is InChI=1S/C13H29NO2/c1-5-8-14-12-13(3,6-2)7-9-16-11-10-15-4/h14H,5-12H2,1-4H3. The van der Waals surface area contributed by atoms with Crippen molar-refractivity contribution in [2.45, 2.75) is 40.0 Å². The lowest BCUT2D eigenvalue weighted by Crippen LogP contribution is -2.33. The van der Waals surface area contributed by atoms with E-state index in [0.29, 0.717) is 18.6 Å². The lowest BCUT2D eigenvalue weighted by Gasteiger charge is -2.28. The van der Waals surface area contributed by atoms with Crippen LogP contribution in [-0.4, -0.2) is 40.0 Å². The lowest BCUT2D eigenvalue weighted by atomic mass is 9.84. The minimum absolute atomic E-state index is 0.363. The molecule has 0 aromatic rings. The first-order valence-electron chi connectivity index (χ1n) is 6.46. The van der Waals surface area contributed by atoms with Crippen molar-refractivity contribution in [3.63, 3.8) is 0 Å². The summed E-state index contributed by atoms with van der Waals surface area (Å²) < 4.78 is 10.5. The third kappa shape index (κ3) is 8.08. The van der Waals surface area contributed by atoms with Crippen molar-refractivity contribution in [2.24, 2.45) is 5.41 Å². The zero-order valence-electron chi connectivity index (χ0n) is 11.5. The van der Waals surface area contributed by atoms with Crippen molar-refractivity contribution in [3.8, 4) is 0 Å². The number of hydrogen-bond acceptors (Lipinski definition) is 3. The molecule has 0 aliphatic rings. The Hall–Kier alpha value is -0.120. The highest BCUT2D eigenvalue weighted by Crippen LogP contribution is 2.24. The van der Waals surface area contributed by atoms with Crippen LogP contribution in [0.4, 0.5) is 0 Å². The SMILES string of the molecule is CCCNCC(C)(CC)CCOCCOC. The molecule has 0 fully saturated rings. The highest BCUT2D eigenvalue weighted by molar-refractivity contribution is 4.75. The predicted molar refractivity (Wildman–Crippen MR) is 68.9 cm³/mol. The van der Waals surface area contributed by atoms with Gasteiger partial charge in [0.05, 0.1) is 13.2 Å². The summed E-state index contributed by atoms with van der Waals surface area (Å²) in [5, 5.41) is 3.50. The van der Waals surface area contributed by atoms with Crippen molar-refractivity contribution in [2.75, 3.05) is 40.0 Å². The van der Waals surface area contributed by atoms with E-state index in [2.05, 4.69) is 26.1 Å². The molecule has 0 rings (SSSR count). The smallest absolute Gasteiger partial charge is 0.0700 e. The summed E-state index contributed by atoms with van der Waals surface area (Å²) in [7, 11) is 1.70. The number of ether oxygens (including phenoxy) is 2. The fraction of sp³-hybridized carbons (Fsp3) is 1.00. The van der Waals surface area contributed by atoms with Gasteiger partial charge in [-0.3, -0.25) is 0 Å². The molecule has 0 aromatic heterocycles. The van der Waals surface area contributed by atoms with Gasteiger partial charge >= 0.3 is 0 Å². The van der Waals surface area contributed by atoms with Crippen LogP contribution in [0.1, 0.15) is 40.0 Å². The zero-order valence-corrected chi connectivity index (χ0v) is 11.5. The van der Waals surface area contributed by atoms with Crippen LogP contribution in [0.25, 0.3) is 0 Å². The van der Waals surface area contributed by atoms with Crippen molar-refractivity contribution in [1.29, 1.82) is 0 Å². The molecule has 0 radical (unpaired) electrons. The van der Waals surface area contributed by atoms with Gasteiger partial charge in [0.15, 0.2) is 0 Å². The van der Waals surface area contributed by atoms with Crippen LogP contribution in [0.3, 0.4) is 0 Å². The van der Waals surface area contributed by atoms with Crippen LogP contribution in [-0.2, 0) is 9.47 Å². The molecule has 98 valence electrons. The van der Waals surface area contributed by atoms with Gasteiger partial charge < -0.3 is 14.8 Å². The van der Waals surface area contributed by atoms with E-state index < -0.39 is 0 Å². The molecular formula is C13H29NO2. The molecule has 0 heterocycles. The summed E-state index contributed by atoms with van der Waals surface area (Å²) in [5.41, 5.74) is 0.363. The summed E-state index contributed by atoms with van der Waals surface area (Å²) in [4.78, 5) is 0. The van der Waals surface area contributed by atoms with Crippen molar-refractivity contribution in [1.82, 2.24) is 5.32 Å². The van der Waals surface area contributed by atoms with Gasteiger partial charge in [0.2, 0.25) is 0 Å². The third-order valence-electron chi connectivity index (χ3n) is 3.11. The molecule has 0 aliphatic carbocycles.